The van der Waals surface area contributed by atoms with E-state index < -0.39 is 4.92 Å². The molecule has 0 radical (unpaired) electrons. The van der Waals surface area contributed by atoms with Crippen LogP contribution >= 0.6 is 0 Å². The minimum atomic E-state index is -0.490. The summed E-state index contributed by atoms with van der Waals surface area (Å²) < 4.78 is 4.86. The average molecular weight is 194 g/mol. The van der Waals surface area contributed by atoms with Crippen molar-refractivity contribution in [1.29, 1.82) is 0 Å². The molecule has 0 saturated carbocycles. The third-order valence-corrected chi connectivity index (χ3v) is 1.66. The number of rotatable bonds is 3. The van der Waals surface area contributed by atoms with Crippen LogP contribution in [0.3, 0.4) is 0 Å². The predicted octanol–water partition coefficient (Wildman–Crippen LogP) is 2.03. The van der Waals surface area contributed by atoms with Crippen LogP contribution in [-0.4, -0.2) is 17.0 Å². The van der Waals surface area contributed by atoms with Crippen LogP contribution in [-0.2, 0) is 0 Å². The molecule has 0 aliphatic heterocycles. The molecule has 0 atom stereocenters. The highest BCUT2D eigenvalue weighted by Crippen LogP contribution is 2.24. The van der Waals surface area contributed by atoms with E-state index in [-0.39, 0.29) is 11.4 Å². The number of nitrogens with zero attached hydrogens (tertiary/aromatic N) is 2. The van der Waals surface area contributed by atoms with Gasteiger partial charge in [0, 0.05) is 12.1 Å². The molecule has 5 nitrogen and oxygen atoms in total. The van der Waals surface area contributed by atoms with Gasteiger partial charge in [-0.15, -0.1) is 0 Å². The summed E-state index contributed by atoms with van der Waals surface area (Å²) in [4.78, 5) is 14.1. The molecule has 0 aromatic carbocycles. The Hall–Kier alpha value is -1.91. The second kappa shape index (κ2) is 3.87. The van der Waals surface area contributed by atoms with E-state index in [4.69, 9.17) is 4.74 Å². The van der Waals surface area contributed by atoms with Crippen molar-refractivity contribution >= 4 is 11.3 Å². The maximum atomic E-state index is 10.6. The van der Waals surface area contributed by atoms with Crippen molar-refractivity contribution in [2.24, 2.45) is 0 Å². The molecule has 74 valence electrons. The Balaban J connectivity index is 3.31. The summed E-state index contributed by atoms with van der Waals surface area (Å²) in [7, 11) is 1.45. The van der Waals surface area contributed by atoms with Crippen LogP contribution in [0.4, 0.5) is 5.69 Å². The van der Waals surface area contributed by atoms with Gasteiger partial charge in [0.05, 0.1) is 12.0 Å². The van der Waals surface area contributed by atoms with E-state index in [0.29, 0.717) is 11.5 Å². The van der Waals surface area contributed by atoms with Crippen molar-refractivity contribution in [3.63, 3.8) is 0 Å². The van der Waals surface area contributed by atoms with E-state index in [2.05, 4.69) is 11.6 Å². The summed E-state index contributed by atoms with van der Waals surface area (Å²) in [5.41, 5.74) is 0.739. The Morgan fingerprint density at radius 3 is 2.71 bits per heavy atom. The maximum Gasteiger partial charge on any atom is 0.295 e. The number of pyridine rings is 1. The van der Waals surface area contributed by atoms with Gasteiger partial charge in [-0.1, -0.05) is 6.58 Å². The molecule has 0 fully saturated rings. The lowest BCUT2D eigenvalue weighted by Crippen LogP contribution is -1.98. The summed E-state index contributed by atoms with van der Waals surface area (Å²) in [6.45, 7) is 5.28. The number of aromatic nitrogens is 1. The van der Waals surface area contributed by atoms with Crippen molar-refractivity contribution in [2.75, 3.05) is 7.11 Å². The molecular formula is C9H10N2O3. The maximum absolute atomic E-state index is 10.6. The molecule has 14 heavy (non-hydrogen) atoms. The fraction of sp³-hybridized carbons (Fsp3) is 0.222. The van der Waals surface area contributed by atoms with E-state index in [0.717, 1.165) is 0 Å². The Bertz CT molecular complexity index is 388. The van der Waals surface area contributed by atoms with Gasteiger partial charge in [-0.2, -0.15) is 0 Å². The monoisotopic (exact) mass is 194 g/mol. The first kappa shape index (κ1) is 10.2. The Morgan fingerprint density at radius 1 is 1.64 bits per heavy atom. The molecule has 1 rings (SSSR count). The normalized spacial score (nSPS) is 9.57. The Labute approximate surface area is 81.2 Å². The smallest absolute Gasteiger partial charge is 0.295 e. The van der Waals surface area contributed by atoms with Gasteiger partial charge in [0.25, 0.3) is 5.69 Å². The SMILES string of the molecule is C=C(C)c1nc(OC)ccc1[N+](=O)[O-]. The lowest BCUT2D eigenvalue weighted by Gasteiger charge is -2.03. The van der Waals surface area contributed by atoms with Crippen LogP contribution in [0.15, 0.2) is 18.7 Å². The average Bonchev–Trinajstić information content (AvgIpc) is 2.16. The minimum Gasteiger partial charge on any atom is -0.481 e. The van der Waals surface area contributed by atoms with Gasteiger partial charge in [-0.3, -0.25) is 10.1 Å². The summed E-state index contributed by atoms with van der Waals surface area (Å²) in [5.74, 6) is 0.341. The minimum absolute atomic E-state index is 0.0571. The molecular weight excluding hydrogens is 184 g/mol. The Morgan fingerprint density at radius 2 is 2.29 bits per heavy atom. The summed E-state index contributed by atoms with van der Waals surface area (Å²) in [6, 6.07) is 2.81. The Kier molecular flexibility index (Phi) is 2.81. The van der Waals surface area contributed by atoms with E-state index >= 15 is 0 Å². The van der Waals surface area contributed by atoms with Crippen LogP contribution in [0, 0.1) is 10.1 Å². The molecule has 0 saturated heterocycles. The van der Waals surface area contributed by atoms with Gasteiger partial charge in [0.1, 0.15) is 5.69 Å². The lowest BCUT2D eigenvalue weighted by molar-refractivity contribution is -0.385. The van der Waals surface area contributed by atoms with Gasteiger partial charge in [-0.05, 0) is 12.5 Å². The van der Waals surface area contributed by atoms with E-state index in [1.807, 2.05) is 0 Å². The largest absolute Gasteiger partial charge is 0.481 e. The lowest BCUT2D eigenvalue weighted by atomic mass is 10.2. The van der Waals surface area contributed by atoms with Crippen molar-refractivity contribution in [2.45, 2.75) is 6.92 Å². The molecule has 1 heterocycles. The molecule has 1 aromatic rings. The van der Waals surface area contributed by atoms with E-state index in [1.165, 1.54) is 19.2 Å². The molecule has 0 amide bonds. The number of methoxy groups -OCH3 is 1. The van der Waals surface area contributed by atoms with Gasteiger partial charge < -0.3 is 4.74 Å². The van der Waals surface area contributed by atoms with Crippen molar-refractivity contribution in [3.8, 4) is 5.88 Å². The van der Waals surface area contributed by atoms with Crippen molar-refractivity contribution in [3.05, 3.63) is 34.5 Å². The van der Waals surface area contributed by atoms with Crippen LogP contribution in [0.5, 0.6) is 5.88 Å². The quantitative estimate of drug-likeness (QED) is 0.545. The third-order valence-electron chi connectivity index (χ3n) is 1.66. The second-order valence-corrected chi connectivity index (χ2v) is 2.76. The highest BCUT2D eigenvalue weighted by atomic mass is 16.6. The van der Waals surface area contributed by atoms with Crippen molar-refractivity contribution in [1.82, 2.24) is 4.98 Å². The fourth-order valence-electron chi connectivity index (χ4n) is 1.01. The zero-order valence-electron chi connectivity index (χ0n) is 7.98. The zero-order chi connectivity index (χ0) is 10.7. The van der Waals surface area contributed by atoms with Crippen LogP contribution < -0.4 is 4.74 Å². The van der Waals surface area contributed by atoms with Crippen LogP contribution in [0.2, 0.25) is 0 Å². The topological polar surface area (TPSA) is 65.3 Å². The van der Waals surface area contributed by atoms with Crippen LogP contribution in [0.25, 0.3) is 5.57 Å². The number of ether oxygens (including phenoxy) is 1. The van der Waals surface area contributed by atoms with E-state index in [9.17, 15) is 10.1 Å². The molecule has 0 bridgehead atoms. The first-order valence-electron chi connectivity index (χ1n) is 3.91. The number of allylic oxidation sites excluding steroid dienone is 1. The third kappa shape index (κ3) is 1.87. The summed E-state index contributed by atoms with van der Waals surface area (Å²) in [6.07, 6.45) is 0. The number of hydrogen-bond acceptors (Lipinski definition) is 4. The molecule has 0 N–H and O–H groups in total. The molecule has 0 aliphatic carbocycles. The number of nitro groups is 1. The molecule has 0 spiro atoms. The second-order valence-electron chi connectivity index (χ2n) is 2.76. The summed E-state index contributed by atoms with van der Waals surface area (Å²) >= 11 is 0. The van der Waals surface area contributed by atoms with Crippen LogP contribution in [0.1, 0.15) is 12.6 Å². The molecule has 0 unspecified atom stereocenters. The first-order valence-corrected chi connectivity index (χ1v) is 3.91. The predicted molar refractivity (Wildman–Crippen MR) is 52.2 cm³/mol. The fourth-order valence-corrected chi connectivity index (χ4v) is 1.01. The van der Waals surface area contributed by atoms with Gasteiger partial charge in [0.2, 0.25) is 5.88 Å². The zero-order valence-corrected chi connectivity index (χ0v) is 7.98. The summed E-state index contributed by atoms with van der Waals surface area (Å²) in [5, 5.41) is 10.6. The highest BCUT2D eigenvalue weighted by Gasteiger charge is 2.16. The van der Waals surface area contributed by atoms with Gasteiger partial charge in [-0.25, -0.2) is 4.98 Å². The van der Waals surface area contributed by atoms with E-state index in [1.54, 1.807) is 6.92 Å². The first-order chi connectivity index (χ1) is 6.56. The number of hydrogen-bond donors (Lipinski definition) is 0. The van der Waals surface area contributed by atoms with Gasteiger partial charge in [0.15, 0.2) is 0 Å². The highest BCUT2D eigenvalue weighted by molar-refractivity contribution is 5.66. The van der Waals surface area contributed by atoms with Gasteiger partial charge >= 0.3 is 0 Å². The standard InChI is InChI=1S/C9H10N2O3/c1-6(2)9-7(11(12)13)4-5-8(10-9)14-3/h4-5H,1H2,2-3H3. The molecule has 5 heteroatoms. The molecule has 1 aromatic heterocycles. The van der Waals surface area contributed by atoms with Crippen molar-refractivity contribution < 1.29 is 9.66 Å². The molecule has 0 aliphatic rings.